The first-order valence-electron chi connectivity index (χ1n) is 7.17. The van der Waals surface area contributed by atoms with E-state index in [4.69, 9.17) is 4.74 Å². The second-order valence-electron chi connectivity index (χ2n) is 5.19. The van der Waals surface area contributed by atoms with Gasteiger partial charge in [-0.1, -0.05) is 19.3 Å². The Morgan fingerprint density at radius 1 is 1.52 bits per heavy atom. The Bertz CT molecular complexity index is 508. The predicted octanol–water partition coefficient (Wildman–Crippen LogP) is 2.16. The first-order chi connectivity index (χ1) is 10.1. The maximum Gasteiger partial charge on any atom is 0.407 e. The third-order valence-electron chi connectivity index (χ3n) is 3.70. The summed E-state index contributed by atoms with van der Waals surface area (Å²) in [6.45, 7) is 1.98. The lowest BCUT2D eigenvalue weighted by atomic mass is 9.96. The van der Waals surface area contributed by atoms with Crippen molar-refractivity contribution in [2.24, 2.45) is 0 Å². The van der Waals surface area contributed by atoms with Gasteiger partial charge in [0.15, 0.2) is 5.82 Å². The van der Waals surface area contributed by atoms with Crippen LogP contribution in [0.1, 0.15) is 37.9 Å². The fraction of sp³-hybridized carbons (Fsp3) is 0.692. The van der Waals surface area contributed by atoms with Crippen LogP contribution >= 0.6 is 0 Å². The molecule has 0 unspecified atom stereocenters. The lowest BCUT2D eigenvalue weighted by Crippen LogP contribution is -2.37. The molecule has 0 saturated heterocycles. The number of hydrogen-bond donors (Lipinski definition) is 1. The molecule has 21 heavy (non-hydrogen) atoms. The lowest BCUT2D eigenvalue weighted by Gasteiger charge is -2.22. The van der Waals surface area contributed by atoms with E-state index >= 15 is 0 Å². The molecule has 1 aliphatic rings. The number of nitrogens with zero attached hydrogens (tertiary/aromatic N) is 3. The summed E-state index contributed by atoms with van der Waals surface area (Å²) in [5.74, 6) is 0.432. The predicted molar refractivity (Wildman–Crippen MR) is 75.0 cm³/mol. The van der Waals surface area contributed by atoms with Crippen molar-refractivity contribution in [1.82, 2.24) is 14.9 Å². The van der Waals surface area contributed by atoms with Crippen molar-refractivity contribution in [1.29, 1.82) is 0 Å². The highest BCUT2D eigenvalue weighted by Crippen LogP contribution is 2.17. The number of nitro groups is 1. The number of hydrogen-bond acceptors (Lipinski definition) is 5. The lowest BCUT2D eigenvalue weighted by molar-refractivity contribution is -0.392. The molecule has 1 fully saturated rings. The van der Waals surface area contributed by atoms with E-state index in [2.05, 4.69) is 10.3 Å². The maximum atomic E-state index is 11.7. The summed E-state index contributed by atoms with van der Waals surface area (Å²) in [7, 11) is 0. The van der Waals surface area contributed by atoms with Crippen LogP contribution < -0.4 is 5.32 Å². The monoisotopic (exact) mass is 296 g/mol. The van der Waals surface area contributed by atoms with Gasteiger partial charge in [-0.3, -0.25) is 0 Å². The van der Waals surface area contributed by atoms with Crippen LogP contribution in [0.3, 0.4) is 0 Å². The smallest absolute Gasteiger partial charge is 0.407 e. The zero-order valence-corrected chi connectivity index (χ0v) is 12.1. The fourth-order valence-electron chi connectivity index (χ4n) is 2.56. The highest BCUT2D eigenvalue weighted by atomic mass is 16.6. The van der Waals surface area contributed by atoms with Gasteiger partial charge in [0.1, 0.15) is 19.3 Å². The molecule has 1 N–H and O–H groups in total. The van der Waals surface area contributed by atoms with E-state index in [1.54, 1.807) is 6.92 Å². The van der Waals surface area contributed by atoms with Gasteiger partial charge < -0.3 is 20.2 Å². The number of rotatable bonds is 5. The van der Waals surface area contributed by atoms with Gasteiger partial charge in [0.25, 0.3) is 0 Å². The van der Waals surface area contributed by atoms with Crippen LogP contribution in [0.5, 0.6) is 0 Å². The number of ether oxygens (including phenoxy) is 1. The summed E-state index contributed by atoms with van der Waals surface area (Å²) < 4.78 is 6.51. The summed E-state index contributed by atoms with van der Waals surface area (Å²) in [5, 5.41) is 13.7. The fourth-order valence-corrected chi connectivity index (χ4v) is 2.56. The van der Waals surface area contributed by atoms with Crippen LogP contribution in [-0.2, 0) is 11.3 Å². The minimum Gasteiger partial charge on any atom is -0.445 e. The molecule has 2 rings (SSSR count). The SMILES string of the molecule is Cc1ncc([N+](=O)[O-])n1CCOC(=O)NC1CCCCC1. The molecule has 1 aliphatic carbocycles. The van der Waals surface area contributed by atoms with Crippen LogP contribution in [-0.4, -0.2) is 33.2 Å². The molecule has 1 saturated carbocycles. The van der Waals surface area contributed by atoms with Crippen molar-refractivity contribution in [2.45, 2.75) is 51.6 Å². The standard InChI is InChI=1S/C13H20N4O4/c1-10-14-9-12(17(19)20)16(10)7-8-21-13(18)15-11-5-3-2-4-6-11/h9,11H,2-8H2,1H3,(H,15,18). The topological polar surface area (TPSA) is 99.3 Å². The molecule has 0 aromatic carbocycles. The molecule has 0 radical (unpaired) electrons. The van der Waals surface area contributed by atoms with Crippen molar-refractivity contribution in [3.8, 4) is 0 Å². The second-order valence-corrected chi connectivity index (χ2v) is 5.19. The van der Waals surface area contributed by atoms with E-state index in [0.29, 0.717) is 5.82 Å². The summed E-state index contributed by atoms with van der Waals surface area (Å²) in [4.78, 5) is 25.9. The van der Waals surface area contributed by atoms with E-state index < -0.39 is 11.0 Å². The quantitative estimate of drug-likeness (QED) is 0.663. The molecule has 1 aromatic rings. The summed E-state index contributed by atoms with van der Waals surface area (Å²) in [6.07, 6.45) is 6.20. The number of nitrogens with one attached hydrogen (secondary N) is 1. The van der Waals surface area contributed by atoms with Gasteiger partial charge in [0, 0.05) is 13.0 Å². The van der Waals surface area contributed by atoms with Crippen molar-refractivity contribution < 1.29 is 14.5 Å². The Hall–Kier alpha value is -2.12. The minimum absolute atomic E-state index is 0.0800. The Morgan fingerprint density at radius 2 is 2.24 bits per heavy atom. The molecule has 0 atom stereocenters. The largest absolute Gasteiger partial charge is 0.445 e. The zero-order valence-electron chi connectivity index (χ0n) is 12.1. The third-order valence-corrected chi connectivity index (χ3v) is 3.70. The number of alkyl carbamates (subject to hydrolysis) is 1. The Labute approximate surface area is 122 Å². The third kappa shape index (κ3) is 4.17. The highest BCUT2D eigenvalue weighted by molar-refractivity contribution is 5.67. The van der Waals surface area contributed by atoms with Gasteiger partial charge in [-0.2, -0.15) is 0 Å². The molecule has 0 aliphatic heterocycles. The summed E-state index contributed by atoms with van der Waals surface area (Å²) >= 11 is 0. The van der Waals surface area contributed by atoms with Crippen molar-refractivity contribution >= 4 is 11.9 Å². The van der Waals surface area contributed by atoms with Gasteiger partial charge in [0.2, 0.25) is 0 Å². The first kappa shape index (κ1) is 15.3. The number of aryl methyl sites for hydroxylation is 1. The van der Waals surface area contributed by atoms with Gasteiger partial charge in [-0.05, 0) is 17.8 Å². The Balaban J connectivity index is 1.77. The van der Waals surface area contributed by atoms with E-state index in [-0.39, 0.29) is 25.0 Å². The molecule has 0 bridgehead atoms. The summed E-state index contributed by atoms with van der Waals surface area (Å²) in [5.41, 5.74) is 0. The number of imidazole rings is 1. The van der Waals surface area contributed by atoms with Crippen molar-refractivity contribution in [3.63, 3.8) is 0 Å². The van der Waals surface area contributed by atoms with Gasteiger partial charge in [-0.25, -0.2) is 14.3 Å². The van der Waals surface area contributed by atoms with Crippen molar-refractivity contribution in [3.05, 3.63) is 22.1 Å². The molecular weight excluding hydrogens is 276 g/mol. The average molecular weight is 296 g/mol. The molecular formula is C13H20N4O4. The number of amides is 1. The van der Waals surface area contributed by atoms with E-state index in [1.807, 2.05) is 0 Å². The molecule has 1 heterocycles. The van der Waals surface area contributed by atoms with Crippen LogP contribution in [0.4, 0.5) is 10.6 Å². The van der Waals surface area contributed by atoms with Crippen LogP contribution in [0, 0.1) is 17.0 Å². The van der Waals surface area contributed by atoms with E-state index in [9.17, 15) is 14.9 Å². The highest BCUT2D eigenvalue weighted by Gasteiger charge is 2.19. The molecule has 1 amide bonds. The number of carbonyl (C=O) groups is 1. The Morgan fingerprint density at radius 3 is 2.90 bits per heavy atom. The number of carbonyl (C=O) groups excluding carboxylic acids is 1. The molecule has 8 nitrogen and oxygen atoms in total. The molecule has 8 heteroatoms. The zero-order chi connectivity index (χ0) is 15.2. The average Bonchev–Trinajstić information content (AvgIpc) is 2.81. The summed E-state index contributed by atoms with van der Waals surface area (Å²) in [6, 6.07) is 0.190. The maximum absolute atomic E-state index is 11.7. The molecule has 0 spiro atoms. The minimum atomic E-state index is -0.498. The van der Waals surface area contributed by atoms with Crippen LogP contribution in [0.15, 0.2) is 6.20 Å². The van der Waals surface area contributed by atoms with Crippen LogP contribution in [0.2, 0.25) is 0 Å². The van der Waals surface area contributed by atoms with Crippen molar-refractivity contribution in [2.75, 3.05) is 6.61 Å². The van der Waals surface area contributed by atoms with Gasteiger partial charge in [-0.15, -0.1) is 0 Å². The molecule has 1 aromatic heterocycles. The Kier molecular flexibility index (Phi) is 5.13. The normalized spacial score (nSPS) is 15.7. The van der Waals surface area contributed by atoms with Gasteiger partial charge >= 0.3 is 11.9 Å². The van der Waals surface area contributed by atoms with Crippen LogP contribution in [0.25, 0.3) is 0 Å². The van der Waals surface area contributed by atoms with E-state index in [0.717, 1.165) is 25.7 Å². The van der Waals surface area contributed by atoms with E-state index in [1.165, 1.54) is 17.2 Å². The molecule has 116 valence electrons. The van der Waals surface area contributed by atoms with Gasteiger partial charge in [0.05, 0.1) is 0 Å². The second kappa shape index (κ2) is 7.05. The number of aromatic nitrogens is 2. The first-order valence-corrected chi connectivity index (χ1v) is 7.17.